The van der Waals surface area contributed by atoms with Crippen LogP contribution in [0.3, 0.4) is 0 Å². The Morgan fingerprint density at radius 3 is 2.58 bits per heavy atom. The maximum Gasteiger partial charge on any atom is 0.344 e. The molecule has 7 nitrogen and oxygen atoms in total. The van der Waals surface area contributed by atoms with Gasteiger partial charge in [-0.05, 0) is 24.3 Å². The Morgan fingerprint density at radius 2 is 2.00 bits per heavy atom. The molecule has 0 bridgehead atoms. The van der Waals surface area contributed by atoms with Gasteiger partial charge < -0.3 is 21.6 Å². The van der Waals surface area contributed by atoms with Crippen molar-refractivity contribution in [2.75, 3.05) is 13.1 Å². The van der Waals surface area contributed by atoms with Crippen molar-refractivity contribution in [2.45, 2.75) is 44.9 Å². The van der Waals surface area contributed by atoms with Gasteiger partial charge in [-0.15, -0.1) is 0 Å². The van der Waals surface area contributed by atoms with Crippen molar-refractivity contribution in [3.8, 4) is 0 Å². The van der Waals surface area contributed by atoms with Crippen molar-refractivity contribution in [1.29, 1.82) is 0 Å². The number of nitrogens with zero attached hydrogens (tertiary/aromatic N) is 2. The molecule has 0 aliphatic rings. The third kappa shape index (κ3) is 4.60. The van der Waals surface area contributed by atoms with E-state index in [1.54, 1.807) is 6.92 Å². The average molecular weight is 269 g/mol. The van der Waals surface area contributed by atoms with Crippen molar-refractivity contribution < 1.29 is 4.92 Å². The number of unbranched alkanes of at least 4 members (excludes halogenated alkanes) is 3. The first-order valence-corrected chi connectivity index (χ1v) is 6.71. The van der Waals surface area contributed by atoms with E-state index in [1.807, 2.05) is 0 Å². The number of nitrogens with two attached hydrogens (primary N) is 2. The standard InChI is InChI=1S/C12H23N5O2/c1-9-15-11(12(16-9)17(18)19)10(8-14)6-4-2-3-5-7-13/h10H,2-8,13-14H2,1H3,(H,15,16). The second-order valence-electron chi connectivity index (χ2n) is 4.74. The maximum absolute atomic E-state index is 11.0. The topological polar surface area (TPSA) is 124 Å². The lowest BCUT2D eigenvalue weighted by Gasteiger charge is -2.11. The monoisotopic (exact) mass is 269 g/mol. The Kier molecular flexibility index (Phi) is 6.44. The Hall–Kier alpha value is -1.47. The van der Waals surface area contributed by atoms with Crippen LogP contribution in [0.5, 0.6) is 0 Å². The van der Waals surface area contributed by atoms with Crippen LogP contribution in [-0.2, 0) is 0 Å². The molecule has 108 valence electrons. The highest BCUT2D eigenvalue weighted by Gasteiger charge is 2.24. The lowest BCUT2D eigenvalue weighted by atomic mass is 9.97. The molecule has 0 aliphatic heterocycles. The third-order valence-electron chi connectivity index (χ3n) is 3.19. The number of aromatic amines is 1. The SMILES string of the molecule is Cc1nc(C(CN)CCCCCCN)c([N+](=O)[O-])[nH]1. The van der Waals surface area contributed by atoms with E-state index in [0.29, 0.717) is 24.6 Å². The van der Waals surface area contributed by atoms with Gasteiger partial charge in [0.25, 0.3) is 0 Å². The molecule has 5 N–H and O–H groups in total. The molecule has 0 fully saturated rings. The number of rotatable bonds is 9. The molecule has 0 aromatic carbocycles. The fourth-order valence-corrected chi connectivity index (χ4v) is 2.18. The number of hydrogen-bond acceptors (Lipinski definition) is 5. The first-order valence-electron chi connectivity index (χ1n) is 6.71. The van der Waals surface area contributed by atoms with E-state index in [0.717, 1.165) is 32.1 Å². The summed E-state index contributed by atoms with van der Waals surface area (Å²) in [7, 11) is 0. The second-order valence-corrected chi connectivity index (χ2v) is 4.74. The molecule has 1 aromatic rings. The summed E-state index contributed by atoms with van der Waals surface area (Å²) in [6, 6.07) is 0. The van der Waals surface area contributed by atoms with E-state index in [-0.39, 0.29) is 11.7 Å². The Labute approximate surface area is 112 Å². The van der Waals surface area contributed by atoms with Gasteiger partial charge in [-0.25, -0.2) is 9.97 Å². The van der Waals surface area contributed by atoms with Crippen molar-refractivity contribution in [3.63, 3.8) is 0 Å². The van der Waals surface area contributed by atoms with Crippen LogP contribution in [0.2, 0.25) is 0 Å². The van der Waals surface area contributed by atoms with Gasteiger partial charge in [-0.1, -0.05) is 19.3 Å². The molecular formula is C12H23N5O2. The van der Waals surface area contributed by atoms with E-state index < -0.39 is 4.92 Å². The van der Waals surface area contributed by atoms with Crippen molar-refractivity contribution in [3.05, 3.63) is 21.6 Å². The molecule has 1 heterocycles. The maximum atomic E-state index is 11.0. The highest BCUT2D eigenvalue weighted by atomic mass is 16.6. The number of nitrogens with one attached hydrogen (secondary N) is 1. The lowest BCUT2D eigenvalue weighted by molar-refractivity contribution is -0.390. The molecule has 19 heavy (non-hydrogen) atoms. The fraction of sp³-hybridized carbons (Fsp3) is 0.750. The molecule has 1 unspecified atom stereocenters. The number of hydrogen-bond donors (Lipinski definition) is 3. The number of H-pyrrole nitrogens is 1. The van der Waals surface area contributed by atoms with Crippen LogP contribution in [0.25, 0.3) is 0 Å². The summed E-state index contributed by atoms with van der Waals surface area (Å²) in [5, 5.41) is 11.0. The summed E-state index contributed by atoms with van der Waals surface area (Å²) in [5.74, 6) is 0.487. The lowest BCUT2D eigenvalue weighted by Crippen LogP contribution is -2.14. The minimum absolute atomic E-state index is 0.0186. The normalized spacial score (nSPS) is 12.6. The number of imidazole rings is 1. The van der Waals surface area contributed by atoms with Gasteiger partial charge in [0.05, 0.1) is 0 Å². The predicted molar refractivity (Wildman–Crippen MR) is 73.9 cm³/mol. The van der Waals surface area contributed by atoms with Gasteiger partial charge in [0.1, 0.15) is 5.69 Å². The van der Waals surface area contributed by atoms with Crippen LogP contribution in [0.15, 0.2) is 0 Å². The Morgan fingerprint density at radius 1 is 1.32 bits per heavy atom. The molecule has 1 rings (SSSR count). The number of aryl methyl sites for hydroxylation is 1. The minimum atomic E-state index is -0.424. The first kappa shape index (κ1) is 15.6. The van der Waals surface area contributed by atoms with E-state index >= 15 is 0 Å². The number of nitro groups is 1. The molecule has 1 aromatic heterocycles. The molecule has 0 radical (unpaired) electrons. The molecule has 0 spiro atoms. The van der Waals surface area contributed by atoms with Gasteiger partial charge >= 0.3 is 5.82 Å². The molecular weight excluding hydrogens is 246 g/mol. The zero-order valence-corrected chi connectivity index (χ0v) is 11.4. The zero-order chi connectivity index (χ0) is 14.3. The summed E-state index contributed by atoms with van der Waals surface area (Å²) in [4.78, 5) is 17.4. The summed E-state index contributed by atoms with van der Waals surface area (Å²) in [6.45, 7) is 2.80. The highest BCUT2D eigenvalue weighted by molar-refractivity contribution is 5.31. The molecule has 1 atom stereocenters. The Bertz CT molecular complexity index is 405. The van der Waals surface area contributed by atoms with E-state index in [9.17, 15) is 10.1 Å². The van der Waals surface area contributed by atoms with Crippen LogP contribution in [0.4, 0.5) is 5.82 Å². The van der Waals surface area contributed by atoms with Gasteiger partial charge in [-0.3, -0.25) is 0 Å². The molecule has 7 heteroatoms. The fourth-order valence-electron chi connectivity index (χ4n) is 2.18. The van der Waals surface area contributed by atoms with Crippen LogP contribution >= 0.6 is 0 Å². The van der Waals surface area contributed by atoms with Crippen LogP contribution in [-0.4, -0.2) is 28.0 Å². The van der Waals surface area contributed by atoms with E-state index in [2.05, 4.69) is 9.97 Å². The van der Waals surface area contributed by atoms with Gasteiger partial charge in [0, 0.05) is 19.4 Å². The second kappa shape index (κ2) is 7.85. The van der Waals surface area contributed by atoms with Crippen LogP contribution in [0.1, 0.15) is 49.5 Å². The number of aromatic nitrogens is 2. The van der Waals surface area contributed by atoms with Gasteiger partial charge in [0.2, 0.25) is 0 Å². The summed E-state index contributed by atoms with van der Waals surface area (Å²) in [6.07, 6.45) is 5.01. The molecule has 0 saturated carbocycles. The van der Waals surface area contributed by atoms with E-state index in [4.69, 9.17) is 11.5 Å². The summed E-state index contributed by atoms with van der Waals surface area (Å²) >= 11 is 0. The van der Waals surface area contributed by atoms with Crippen LogP contribution in [0, 0.1) is 17.0 Å². The summed E-state index contributed by atoms with van der Waals surface area (Å²) in [5.41, 5.74) is 11.7. The largest absolute Gasteiger partial charge is 0.358 e. The molecule has 0 saturated heterocycles. The van der Waals surface area contributed by atoms with Crippen molar-refractivity contribution >= 4 is 5.82 Å². The highest BCUT2D eigenvalue weighted by Crippen LogP contribution is 2.27. The summed E-state index contributed by atoms with van der Waals surface area (Å²) < 4.78 is 0. The molecule has 0 aliphatic carbocycles. The quantitative estimate of drug-likeness (QED) is 0.356. The smallest absolute Gasteiger partial charge is 0.344 e. The predicted octanol–water partition coefficient (Wildman–Crippen LogP) is 1.58. The van der Waals surface area contributed by atoms with Gasteiger partial charge in [-0.2, -0.15) is 0 Å². The van der Waals surface area contributed by atoms with Crippen LogP contribution < -0.4 is 11.5 Å². The first-order chi connectivity index (χ1) is 9.10. The average Bonchev–Trinajstić information content (AvgIpc) is 2.76. The minimum Gasteiger partial charge on any atom is -0.358 e. The molecule has 0 amide bonds. The van der Waals surface area contributed by atoms with Crippen molar-refractivity contribution in [2.24, 2.45) is 11.5 Å². The van der Waals surface area contributed by atoms with E-state index in [1.165, 1.54) is 0 Å². The third-order valence-corrected chi connectivity index (χ3v) is 3.19. The zero-order valence-electron chi connectivity index (χ0n) is 11.4. The van der Waals surface area contributed by atoms with Crippen molar-refractivity contribution in [1.82, 2.24) is 9.97 Å². The van der Waals surface area contributed by atoms with Gasteiger partial charge in [0.15, 0.2) is 5.82 Å². The Balaban J connectivity index is 2.61.